The molecule has 0 aromatic heterocycles. The highest BCUT2D eigenvalue weighted by atomic mass is 32.2. The summed E-state index contributed by atoms with van der Waals surface area (Å²) in [4.78, 5) is 2.53. The van der Waals surface area contributed by atoms with Crippen molar-refractivity contribution >= 4 is 9.84 Å². The minimum Gasteiger partial charge on any atom is -0.311 e. The van der Waals surface area contributed by atoms with Gasteiger partial charge < -0.3 is 5.32 Å². The van der Waals surface area contributed by atoms with Gasteiger partial charge in [0.05, 0.1) is 5.75 Å². The van der Waals surface area contributed by atoms with Gasteiger partial charge in [0.25, 0.3) is 0 Å². The van der Waals surface area contributed by atoms with E-state index in [9.17, 15) is 8.42 Å². The fourth-order valence-corrected chi connectivity index (χ4v) is 3.69. The zero-order valence-electron chi connectivity index (χ0n) is 12.9. The molecule has 1 fully saturated rings. The Morgan fingerprint density at radius 1 is 1.26 bits per heavy atom. The van der Waals surface area contributed by atoms with Gasteiger partial charge in [0.1, 0.15) is 9.84 Å². The van der Waals surface area contributed by atoms with Crippen LogP contribution in [0.5, 0.6) is 0 Å². The molecule has 0 bridgehead atoms. The Morgan fingerprint density at radius 3 is 2.37 bits per heavy atom. The lowest BCUT2D eigenvalue weighted by Crippen LogP contribution is -2.64. The van der Waals surface area contributed by atoms with Crippen molar-refractivity contribution in [1.82, 2.24) is 10.2 Å². The molecule has 1 atom stereocenters. The quantitative estimate of drug-likeness (QED) is 0.775. The molecule has 0 saturated carbocycles. The van der Waals surface area contributed by atoms with Crippen LogP contribution >= 0.6 is 0 Å². The number of hydrogen-bond donors (Lipinski definition) is 1. The standard InChI is InChI=1S/C14H30N2O2S/c1-5-13-11-16(9-8-10-19(4,17)18)14(6-2,7-3)12-15-13/h13,15H,5-12H2,1-4H3. The van der Waals surface area contributed by atoms with Crippen LogP contribution in [-0.2, 0) is 9.84 Å². The van der Waals surface area contributed by atoms with Crippen LogP contribution in [0.3, 0.4) is 0 Å². The predicted octanol–water partition coefficient (Wildman–Crippen LogP) is 1.66. The number of nitrogens with one attached hydrogen (secondary N) is 1. The summed E-state index contributed by atoms with van der Waals surface area (Å²) in [7, 11) is -2.84. The fraction of sp³-hybridized carbons (Fsp3) is 1.00. The smallest absolute Gasteiger partial charge is 0.147 e. The summed E-state index contributed by atoms with van der Waals surface area (Å²) in [5.41, 5.74) is 0.211. The van der Waals surface area contributed by atoms with E-state index in [1.807, 2.05) is 0 Å². The van der Waals surface area contributed by atoms with Crippen LogP contribution in [0.1, 0.15) is 46.5 Å². The second kappa shape index (κ2) is 7.04. The Hall–Kier alpha value is -0.130. The van der Waals surface area contributed by atoms with Crippen LogP contribution in [0, 0.1) is 0 Å². The number of nitrogens with zero attached hydrogens (tertiary/aromatic N) is 1. The van der Waals surface area contributed by atoms with Gasteiger partial charge in [-0.2, -0.15) is 0 Å². The Kier molecular flexibility index (Phi) is 6.27. The van der Waals surface area contributed by atoms with E-state index in [0.717, 1.165) is 45.3 Å². The van der Waals surface area contributed by atoms with Crippen molar-refractivity contribution in [2.24, 2.45) is 0 Å². The van der Waals surface area contributed by atoms with Crippen LogP contribution in [-0.4, -0.2) is 56.5 Å². The molecule has 1 aliphatic rings. The zero-order valence-corrected chi connectivity index (χ0v) is 13.7. The van der Waals surface area contributed by atoms with Crippen LogP contribution < -0.4 is 5.32 Å². The summed E-state index contributed by atoms with van der Waals surface area (Å²) >= 11 is 0. The molecule has 1 aliphatic heterocycles. The third-order valence-corrected chi connectivity index (χ3v) is 5.61. The minimum atomic E-state index is -2.84. The average molecular weight is 290 g/mol. The third kappa shape index (κ3) is 4.72. The molecule has 114 valence electrons. The number of sulfone groups is 1. The van der Waals surface area contributed by atoms with Gasteiger partial charge in [-0.25, -0.2) is 8.42 Å². The Bertz CT molecular complexity index is 364. The van der Waals surface area contributed by atoms with Crippen molar-refractivity contribution in [3.8, 4) is 0 Å². The first-order valence-corrected chi connectivity index (χ1v) is 9.59. The SMILES string of the molecule is CCC1CN(CCCS(C)(=O)=O)C(CC)(CC)CN1. The molecule has 1 N–H and O–H groups in total. The van der Waals surface area contributed by atoms with Gasteiger partial charge in [-0.15, -0.1) is 0 Å². The number of piperazine rings is 1. The van der Waals surface area contributed by atoms with Gasteiger partial charge >= 0.3 is 0 Å². The lowest BCUT2D eigenvalue weighted by Gasteiger charge is -2.49. The normalized spacial score (nSPS) is 24.5. The van der Waals surface area contributed by atoms with E-state index in [2.05, 4.69) is 31.0 Å². The van der Waals surface area contributed by atoms with Crippen molar-refractivity contribution in [1.29, 1.82) is 0 Å². The lowest BCUT2D eigenvalue weighted by molar-refractivity contribution is 0.0312. The third-order valence-electron chi connectivity index (χ3n) is 4.58. The predicted molar refractivity (Wildman–Crippen MR) is 81.3 cm³/mol. The zero-order chi connectivity index (χ0) is 14.5. The molecule has 0 spiro atoms. The van der Waals surface area contributed by atoms with Crippen molar-refractivity contribution in [3.63, 3.8) is 0 Å². The molecule has 5 heteroatoms. The summed E-state index contributed by atoms with van der Waals surface area (Å²) in [6.45, 7) is 9.64. The highest BCUT2D eigenvalue weighted by molar-refractivity contribution is 7.90. The summed E-state index contributed by atoms with van der Waals surface area (Å²) in [6.07, 6.45) is 5.44. The number of rotatable bonds is 7. The molecule has 0 aromatic carbocycles. The molecule has 19 heavy (non-hydrogen) atoms. The molecule has 1 heterocycles. The van der Waals surface area contributed by atoms with Crippen LogP contribution in [0.15, 0.2) is 0 Å². The van der Waals surface area contributed by atoms with Crippen LogP contribution in [0.2, 0.25) is 0 Å². The van der Waals surface area contributed by atoms with Gasteiger partial charge in [-0.05, 0) is 32.2 Å². The summed E-state index contributed by atoms with van der Waals surface area (Å²) in [5.74, 6) is 0.303. The van der Waals surface area contributed by atoms with Gasteiger partial charge in [-0.3, -0.25) is 4.90 Å². The highest BCUT2D eigenvalue weighted by Crippen LogP contribution is 2.27. The monoisotopic (exact) mass is 290 g/mol. The maximum atomic E-state index is 11.3. The molecule has 1 saturated heterocycles. The van der Waals surface area contributed by atoms with E-state index in [1.165, 1.54) is 6.26 Å². The Labute approximate surface area is 118 Å². The van der Waals surface area contributed by atoms with Crippen molar-refractivity contribution in [2.75, 3.05) is 31.6 Å². The summed E-state index contributed by atoms with van der Waals surface area (Å²) < 4.78 is 22.5. The first-order valence-electron chi connectivity index (χ1n) is 7.53. The first kappa shape index (κ1) is 16.9. The molecule has 1 unspecified atom stereocenters. The molecular formula is C14H30N2O2S. The van der Waals surface area contributed by atoms with Gasteiger partial charge in [0.2, 0.25) is 0 Å². The maximum absolute atomic E-state index is 11.3. The average Bonchev–Trinajstić information content (AvgIpc) is 2.37. The van der Waals surface area contributed by atoms with Crippen molar-refractivity contribution in [2.45, 2.75) is 58.0 Å². The second-order valence-corrected chi connectivity index (χ2v) is 8.11. The Morgan fingerprint density at radius 2 is 1.89 bits per heavy atom. The van der Waals surface area contributed by atoms with E-state index in [1.54, 1.807) is 0 Å². The molecule has 0 radical (unpaired) electrons. The van der Waals surface area contributed by atoms with E-state index in [4.69, 9.17) is 0 Å². The largest absolute Gasteiger partial charge is 0.311 e. The highest BCUT2D eigenvalue weighted by Gasteiger charge is 2.37. The lowest BCUT2D eigenvalue weighted by atomic mass is 9.86. The molecule has 4 nitrogen and oxygen atoms in total. The topological polar surface area (TPSA) is 49.4 Å². The Balaban J connectivity index is 2.66. The summed E-state index contributed by atoms with van der Waals surface area (Å²) in [5, 5.41) is 3.64. The van der Waals surface area contributed by atoms with Gasteiger partial charge in [0.15, 0.2) is 0 Å². The number of hydrogen-bond acceptors (Lipinski definition) is 4. The molecule has 1 rings (SSSR count). The minimum absolute atomic E-state index is 0.211. The van der Waals surface area contributed by atoms with Crippen molar-refractivity contribution in [3.05, 3.63) is 0 Å². The molecule has 0 amide bonds. The molecule has 0 aliphatic carbocycles. The summed E-state index contributed by atoms with van der Waals surface area (Å²) in [6, 6.07) is 0.546. The van der Waals surface area contributed by atoms with E-state index < -0.39 is 9.84 Å². The van der Waals surface area contributed by atoms with E-state index >= 15 is 0 Å². The van der Waals surface area contributed by atoms with Gasteiger partial charge in [-0.1, -0.05) is 20.8 Å². The first-order chi connectivity index (χ1) is 8.87. The van der Waals surface area contributed by atoms with Crippen LogP contribution in [0.25, 0.3) is 0 Å². The second-order valence-electron chi connectivity index (χ2n) is 5.85. The van der Waals surface area contributed by atoms with Crippen molar-refractivity contribution < 1.29 is 8.42 Å². The van der Waals surface area contributed by atoms with E-state index in [0.29, 0.717) is 11.8 Å². The maximum Gasteiger partial charge on any atom is 0.147 e. The van der Waals surface area contributed by atoms with Gasteiger partial charge in [0, 0.05) is 30.9 Å². The van der Waals surface area contributed by atoms with E-state index in [-0.39, 0.29) is 5.54 Å². The molecular weight excluding hydrogens is 260 g/mol. The fourth-order valence-electron chi connectivity index (χ4n) is 3.04. The molecule has 0 aromatic rings. The van der Waals surface area contributed by atoms with Crippen LogP contribution in [0.4, 0.5) is 0 Å².